The Hall–Kier alpha value is -1.59. The van der Waals surface area contributed by atoms with E-state index in [0.717, 1.165) is 38.5 Å². The molecular formula is C17H31N3O3. The molecule has 1 atom stereocenters. The number of rotatable bonds is 1. The first-order chi connectivity index (χ1) is 11.0. The first kappa shape index (κ1) is 19.5. The molecule has 0 aromatic heterocycles. The molecule has 6 nitrogen and oxygen atoms in total. The Balaban J connectivity index is 2.64. The largest absolute Gasteiger partial charge is 0.461 e. The SMILES string of the molecule is CCC1CCCCCCCCCC(=O)N=C(N)N(C)CC(=O)O1. The van der Waals surface area contributed by atoms with Crippen LogP contribution in [-0.2, 0) is 14.3 Å². The number of amides is 1. The zero-order valence-corrected chi connectivity index (χ0v) is 14.6. The van der Waals surface area contributed by atoms with Gasteiger partial charge in [0.25, 0.3) is 0 Å². The van der Waals surface area contributed by atoms with Gasteiger partial charge in [-0.15, -0.1) is 0 Å². The van der Waals surface area contributed by atoms with Gasteiger partial charge in [-0.1, -0.05) is 39.0 Å². The predicted molar refractivity (Wildman–Crippen MR) is 91.0 cm³/mol. The minimum absolute atomic E-state index is 0.0130. The summed E-state index contributed by atoms with van der Waals surface area (Å²) >= 11 is 0. The van der Waals surface area contributed by atoms with Gasteiger partial charge in [-0.3, -0.25) is 9.59 Å². The number of hydrogen-bond donors (Lipinski definition) is 1. The Kier molecular flexibility index (Phi) is 9.33. The summed E-state index contributed by atoms with van der Waals surface area (Å²) in [5.74, 6) is -0.475. The van der Waals surface area contributed by atoms with E-state index in [4.69, 9.17) is 10.5 Å². The van der Waals surface area contributed by atoms with Crippen LogP contribution in [0, 0.1) is 0 Å². The van der Waals surface area contributed by atoms with Crippen LogP contribution in [-0.4, -0.2) is 42.4 Å². The Labute approximate surface area is 139 Å². The van der Waals surface area contributed by atoms with Crippen molar-refractivity contribution in [1.29, 1.82) is 0 Å². The maximum atomic E-state index is 12.0. The molecule has 1 rings (SSSR count). The fourth-order valence-electron chi connectivity index (χ4n) is 2.65. The van der Waals surface area contributed by atoms with E-state index in [-0.39, 0.29) is 30.5 Å². The lowest BCUT2D eigenvalue weighted by molar-refractivity contribution is -0.149. The van der Waals surface area contributed by atoms with Crippen LogP contribution in [0.25, 0.3) is 0 Å². The zero-order chi connectivity index (χ0) is 17.1. The summed E-state index contributed by atoms with van der Waals surface area (Å²) in [4.78, 5) is 29.1. The summed E-state index contributed by atoms with van der Waals surface area (Å²) < 4.78 is 5.49. The van der Waals surface area contributed by atoms with Gasteiger partial charge in [0.15, 0.2) is 5.96 Å². The van der Waals surface area contributed by atoms with Crippen molar-refractivity contribution in [2.24, 2.45) is 10.7 Å². The van der Waals surface area contributed by atoms with Gasteiger partial charge in [-0.05, 0) is 25.7 Å². The summed E-state index contributed by atoms with van der Waals surface area (Å²) in [5, 5.41) is 0. The second-order valence-electron chi connectivity index (χ2n) is 6.25. The molecule has 1 amide bonds. The van der Waals surface area contributed by atoms with Crippen molar-refractivity contribution in [3.8, 4) is 0 Å². The van der Waals surface area contributed by atoms with Crippen LogP contribution in [0.3, 0.4) is 0 Å². The number of aliphatic imine (C=N–C) groups is 1. The fraction of sp³-hybridized carbons (Fsp3) is 0.824. The Morgan fingerprint density at radius 3 is 2.39 bits per heavy atom. The third kappa shape index (κ3) is 8.57. The van der Waals surface area contributed by atoms with Crippen LogP contribution in [0.15, 0.2) is 4.99 Å². The van der Waals surface area contributed by atoms with E-state index >= 15 is 0 Å². The Bertz CT molecular complexity index is 410. The first-order valence-electron chi connectivity index (χ1n) is 8.80. The summed E-state index contributed by atoms with van der Waals surface area (Å²) in [5.41, 5.74) is 5.78. The molecule has 0 fully saturated rings. The molecule has 132 valence electrons. The summed E-state index contributed by atoms with van der Waals surface area (Å²) in [6, 6.07) is 0. The number of carbonyl (C=O) groups is 2. The summed E-state index contributed by atoms with van der Waals surface area (Å²) in [6.07, 6.45) is 9.81. The molecule has 0 saturated carbocycles. The van der Waals surface area contributed by atoms with Crippen LogP contribution < -0.4 is 5.73 Å². The first-order valence-corrected chi connectivity index (χ1v) is 8.80. The third-order valence-corrected chi connectivity index (χ3v) is 4.17. The highest BCUT2D eigenvalue weighted by atomic mass is 16.5. The zero-order valence-electron chi connectivity index (χ0n) is 14.6. The van der Waals surface area contributed by atoms with Crippen molar-refractivity contribution >= 4 is 17.8 Å². The van der Waals surface area contributed by atoms with Gasteiger partial charge in [0, 0.05) is 13.5 Å². The molecule has 6 heteroatoms. The van der Waals surface area contributed by atoms with Crippen molar-refractivity contribution in [3.05, 3.63) is 0 Å². The van der Waals surface area contributed by atoms with E-state index in [9.17, 15) is 9.59 Å². The van der Waals surface area contributed by atoms with Crippen molar-refractivity contribution in [2.45, 2.75) is 77.2 Å². The molecule has 0 saturated heterocycles. The quantitative estimate of drug-likeness (QED) is 0.749. The molecule has 0 aromatic rings. The van der Waals surface area contributed by atoms with Gasteiger partial charge in [-0.2, -0.15) is 4.99 Å². The second-order valence-corrected chi connectivity index (χ2v) is 6.25. The number of likely N-dealkylation sites (N-methyl/N-ethyl adjacent to an activating group) is 1. The highest BCUT2D eigenvalue weighted by Crippen LogP contribution is 2.14. The van der Waals surface area contributed by atoms with E-state index in [1.54, 1.807) is 7.05 Å². The number of hydrogen-bond acceptors (Lipinski definition) is 5. The number of carbonyl (C=O) groups excluding carboxylic acids is 2. The van der Waals surface area contributed by atoms with Gasteiger partial charge in [0.1, 0.15) is 12.6 Å². The topological polar surface area (TPSA) is 85.0 Å². The van der Waals surface area contributed by atoms with Crippen LogP contribution in [0.2, 0.25) is 0 Å². The lowest BCUT2D eigenvalue weighted by Crippen LogP contribution is -2.39. The normalized spacial score (nSPS) is 23.8. The van der Waals surface area contributed by atoms with E-state index < -0.39 is 0 Å². The van der Waals surface area contributed by atoms with Gasteiger partial charge in [0.05, 0.1) is 0 Å². The monoisotopic (exact) mass is 325 g/mol. The molecule has 0 aromatic carbocycles. The average Bonchev–Trinajstić information content (AvgIpc) is 2.51. The average molecular weight is 325 g/mol. The van der Waals surface area contributed by atoms with E-state index in [2.05, 4.69) is 4.99 Å². The standard InChI is InChI=1S/C17H31N3O3/c1-3-14-11-9-7-5-4-6-8-10-12-15(21)19-17(18)20(2)13-16(22)23-14/h14H,3-13H2,1-2H3,(H2,18,19,21). The van der Waals surface area contributed by atoms with E-state index in [0.29, 0.717) is 6.42 Å². The lowest BCUT2D eigenvalue weighted by atomic mass is 10.0. The predicted octanol–water partition coefficient (Wildman–Crippen LogP) is 2.61. The number of guanidine groups is 1. The molecule has 0 spiro atoms. The van der Waals surface area contributed by atoms with Crippen molar-refractivity contribution < 1.29 is 14.3 Å². The highest BCUT2D eigenvalue weighted by molar-refractivity contribution is 5.93. The van der Waals surface area contributed by atoms with Crippen molar-refractivity contribution in [2.75, 3.05) is 13.6 Å². The molecule has 1 aliphatic rings. The molecule has 1 unspecified atom stereocenters. The van der Waals surface area contributed by atoms with Crippen molar-refractivity contribution in [3.63, 3.8) is 0 Å². The molecule has 1 heterocycles. The molecule has 0 bridgehead atoms. The van der Waals surface area contributed by atoms with Gasteiger partial charge in [-0.25, -0.2) is 0 Å². The maximum absolute atomic E-state index is 12.0. The summed E-state index contributed by atoms with van der Waals surface area (Å²) in [6.45, 7) is 2.04. The van der Waals surface area contributed by atoms with Crippen LogP contribution in [0.4, 0.5) is 0 Å². The third-order valence-electron chi connectivity index (χ3n) is 4.17. The molecule has 0 aliphatic carbocycles. The van der Waals surface area contributed by atoms with Gasteiger partial charge in [0.2, 0.25) is 5.91 Å². The number of cyclic esters (lactones) is 1. The van der Waals surface area contributed by atoms with Crippen LogP contribution >= 0.6 is 0 Å². The minimum atomic E-state index is -0.325. The fourth-order valence-corrected chi connectivity index (χ4v) is 2.65. The minimum Gasteiger partial charge on any atom is -0.461 e. The summed E-state index contributed by atoms with van der Waals surface area (Å²) in [7, 11) is 1.64. The van der Waals surface area contributed by atoms with Crippen LogP contribution in [0.5, 0.6) is 0 Å². The second kappa shape index (κ2) is 11.0. The molecule has 1 aliphatic heterocycles. The highest BCUT2D eigenvalue weighted by Gasteiger charge is 2.16. The van der Waals surface area contributed by atoms with Gasteiger partial charge < -0.3 is 15.4 Å². The maximum Gasteiger partial charge on any atom is 0.325 e. The van der Waals surface area contributed by atoms with Crippen molar-refractivity contribution in [1.82, 2.24) is 4.90 Å². The van der Waals surface area contributed by atoms with E-state index in [1.165, 1.54) is 24.2 Å². The molecule has 23 heavy (non-hydrogen) atoms. The number of esters is 1. The number of nitrogens with two attached hydrogens (primary N) is 1. The smallest absolute Gasteiger partial charge is 0.325 e. The van der Waals surface area contributed by atoms with Crippen LogP contribution in [0.1, 0.15) is 71.1 Å². The van der Waals surface area contributed by atoms with E-state index in [1.807, 2.05) is 6.92 Å². The lowest BCUT2D eigenvalue weighted by Gasteiger charge is -2.20. The molecule has 0 radical (unpaired) electrons. The Morgan fingerprint density at radius 2 is 1.74 bits per heavy atom. The molecular weight excluding hydrogens is 294 g/mol. The Morgan fingerprint density at radius 1 is 1.13 bits per heavy atom. The number of ether oxygens (including phenoxy) is 1. The van der Waals surface area contributed by atoms with Gasteiger partial charge >= 0.3 is 5.97 Å². The molecule has 2 N–H and O–H groups in total. The number of nitrogens with zero attached hydrogens (tertiary/aromatic N) is 2.